The molecule has 0 aromatic heterocycles. The highest BCUT2D eigenvalue weighted by Gasteiger charge is 2.39. The van der Waals surface area contributed by atoms with Gasteiger partial charge in [-0.2, -0.15) is 0 Å². The van der Waals surface area contributed by atoms with Crippen LogP contribution in [0.15, 0.2) is 4.99 Å². The number of nitrogens with zero attached hydrogens (tertiary/aromatic N) is 2. The van der Waals surface area contributed by atoms with E-state index < -0.39 is 0 Å². The van der Waals surface area contributed by atoms with Gasteiger partial charge in [0.15, 0.2) is 5.96 Å². The van der Waals surface area contributed by atoms with E-state index in [9.17, 15) is 4.79 Å². The molecule has 0 aromatic rings. The fraction of sp³-hybridized carbons (Fsp3) is 0.882. The molecule has 1 aliphatic heterocycles. The molecule has 1 saturated carbocycles. The Kier molecular flexibility index (Phi) is 7.61. The van der Waals surface area contributed by atoms with Gasteiger partial charge in [0.05, 0.1) is 6.54 Å². The number of rotatable bonds is 2. The number of guanidine groups is 1. The first-order chi connectivity index (χ1) is 10.3. The third kappa shape index (κ3) is 6.12. The summed E-state index contributed by atoms with van der Waals surface area (Å²) in [6, 6.07) is 0. The molecular formula is C17H33IN4O. The molecule has 134 valence electrons. The quantitative estimate of drug-likeness (QED) is 0.398. The molecule has 23 heavy (non-hydrogen) atoms. The van der Waals surface area contributed by atoms with Gasteiger partial charge < -0.3 is 15.5 Å². The number of carbonyl (C=O) groups is 1. The average Bonchev–Trinajstić information content (AvgIpc) is 2.82. The summed E-state index contributed by atoms with van der Waals surface area (Å²) in [6.45, 7) is 8.41. The molecule has 1 saturated heterocycles. The van der Waals surface area contributed by atoms with Crippen LogP contribution >= 0.6 is 24.0 Å². The summed E-state index contributed by atoms with van der Waals surface area (Å²) in [7, 11) is 1.80. The van der Waals surface area contributed by atoms with Gasteiger partial charge in [-0.3, -0.25) is 9.79 Å². The van der Waals surface area contributed by atoms with Crippen LogP contribution in [0.4, 0.5) is 0 Å². The zero-order chi connectivity index (χ0) is 16.2. The number of hydrogen-bond acceptors (Lipinski definition) is 2. The van der Waals surface area contributed by atoms with Crippen LogP contribution in [-0.4, -0.2) is 49.0 Å². The van der Waals surface area contributed by atoms with Gasteiger partial charge in [0.25, 0.3) is 0 Å². The lowest BCUT2D eigenvalue weighted by Crippen LogP contribution is -2.49. The van der Waals surface area contributed by atoms with Crippen molar-refractivity contribution in [3.63, 3.8) is 0 Å². The van der Waals surface area contributed by atoms with E-state index >= 15 is 0 Å². The maximum Gasteiger partial charge on any atom is 0.239 e. The molecule has 1 amide bonds. The van der Waals surface area contributed by atoms with Crippen molar-refractivity contribution < 1.29 is 4.79 Å². The van der Waals surface area contributed by atoms with E-state index in [1.807, 2.05) is 20.8 Å². The molecule has 1 aliphatic carbocycles. The Morgan fingerprint density at radius 3 is 2.39 bits per heavy atom. The van der Waals surface area contributed by atoms with Crippen LogP contribution in [0.3, 0.4) is 0 Å². The first-order valence-corrected chi connectivity index (χ1v) is 8.60. The van der Waals surface area contributed by atoms with Crippen molar-refractivity contribution in [1.29, 1.82) is 0 Å². The monoisotopic (exact) mass is 436 g/mol. The Morgan fingerprint density at radius 1 is 1.17 bits per heavy atom. The highest BCUT2D eigenvalue weighted by molar-refractivity contribution is 14.0. The van der Waals surface area contributed by atoms with Crippen LogP contribution in [0.25, 0.3) is 0 Å². The third-order valence-electron chi connectivity index (χ3n) is 4.79. The van der Waals surface area contributed by atoms with E-state index in [0.717, 1.165) is 19.0 Å². The van der Waals surface area contributed by atoms with Crippen molar-refractivity contribution in [2.45, 2.75) is 64.8 Å². The first kappa shape index (κ1) is 20.5. The highest BCUT2D eigenvalue weighted by Crippen LogP contribution is 2.43. The van der Waals surface area contributed by atoms with Crippen molar-refractivity contribution in [2.75, 3.05) is 26.7 Å². The summed E-state index contributed by atoms with van der Waals surface area (Å²) in [5.41, 5.74) is 0.311. The SMILES string of the molecule is CN=C(NCC(=O)NC(C)(C)C)N1CCC2(CCCCC2)C1.I. The maximum atomic E-state index is 11.9. The van der Waals surface area contributed by atoms with Gasteiger partial charge in [-0.1, -0.05) is 19.3 Å². The largest absolute Gasteiger partial charge is 0.350 e. The van der Waals surface area contributed by atoms with E-state index in [4.69, 9.17) is 0 Å². The van der Waals surface area contributed by atoms with Crippen LogP contribution in [-0.2, 0) is 4.79 Å². The second kappa shape index (κ2) is 8.53. The van der Waals surface area contributed by atoms with Crippen molar-refractivity contribution in [2.24, 2.45) is 10.4 Å². The Bertz CT molecular complexity index is 425. The Balaban J connectivity index is 0.00000264. The fourth-order valence-electron chi connectivity index (χ4n) is 3.78. The molecule has 0 aromatic carbocycles. The maximum absolute atomic E-state index is 11.9. The molecular weight excluding hydrogens is 403 g/mol. The van der Waals surface area contributed by atoms with E-state index in [1.165, 1.54) is 38.5 Å². The van der Waals surface area contributed by atoms with Crippen LogP contribution in [0.2, 0.25) is 0 Å². The average molecular weight is 436 g/mol. The second-order valence-electron chi connectivity index (χ2n) is 7.93. The van der Waals surface area contributed by atoms with Crippen molar-refractivity contribution in [1.82, 2.24) is 15.5 Å². The molecule has 0 radical (unpaired) electrons. The normalized spacial score (nSPS) is 21.0. The van der Waals surface area contributed by atoms with Crippen molar-refractivity contribution in [3.8, 4) is 0 Å². The second-order valence-corrected chi connectivity index (χ2v) is 7.93. The topological polar surface area (TPSA) is 56.7 Å². The Labute approximate surface area is 158 Å². The number of likely N-dealkylation sites (tertiary alicyclic amines) is 1. The smallest absolute Gasteiger partial charge is 0.239 e. The Morgan fingerprint density at radius 2 is 1.83 bits per heavy atom. The minimum absolute atomic E-state index is 0. The third-order valence-corrected chi connectivity index (χ3v) is 4.79. The molecule has 2 N–H and O–H groups in total. The summed E-state index contributed by atoms with van der Waals surface area (Å²) in [6.07, 6.45) is 8.10. The minimum atomic E-state index is -0.192. The van der Waals surface area contributed by atoms with E-state index in [-0.39, 0.29) is 42.0 Å². The van der Waals surface area contributed by atoms with Crippen LogP contribution in [0.5, 0.6) is 0 Å². The standard InChI is InChI=1S/C17H32N4O.HI/c1-16(2,3)20-14(22)12-19-15(18-4)21-11-10-17(13-21)8-6-5-7-9-17;/h5-13H2,1-4H3,(H,18,19)(H,20,22);1H. The summed E-state index contributed by atoms with van der Waals surface area (Å²) in [4.78, 5) is 18.6. The molecule has 5 nitrogen and oxygen atoms in total. The molecule has 0 atom stereocenters. The lowest BCUT2D eigenvalue weighted by atomic mass is 9.73. The van der Waals surface area contributed by atoms with Gasteiger partial charge in [-0.15, -0.1) is 24.0 Å². The molecule has 1 spiro atoms. The molecule has 1 heterocycles. The highest BCUT2D eigenvalue weighted by atomic mass is 127. The van der Waals surface area contributed by atoms with Gasteiger partial charge >= 0.3 is 0 Å². The lowest BCUT2D eigenvalue weighted by Gasteiger charge is -2.33. The summed E-state index contributed by atoms with van der Waals surface area (Å²) >= 11 is 0. The summed E-state index contributed by atoms with van der Waals surface area (Å²) in [5, 5.41) is 6.19. The van der Waals surface area contributed by atoms with Crippen molar-refractivity contribution in [3.05, 3.63) is 0 Å². The number of halogens is 1. The molecule has 0 unspecified atom stereocenters. The number of amides is 1. The lowest BCUT2D eigenvalue weighted by molar-refractivity contribution is -0.121. The van der Waals surface area contributed by atoms with Gasteiger partial charge in [-0.25, -0.2) is 0 Å². The fourth-order valence-corrected chi connectivity index (χ4v) is 3.78. The summed E-state index contributed by atoms with van der Waals surface area (Å²) in [5.74, 6) is 0.881. The van der Waals surface area contributed by atoms with Crippen molar-refractivity contribution >= 4 is 35.8 Å². The summed E-state index contributed by atoms with van der Waals surface area (Å²) < 4.78 is 0. The predicted octanol–water partition coefficient (Wildman–Crippen LogP) is 2.75. The van der Waals surface area contributed by atoms with Gasteiger partial charge in [0, 0.05) is 25.7 Å². The van der Waals surface area contributed by atoms with E-state index in [1.54, 1.807) is 7.05 Å². The molecule has 2 rings (SSSR count). The van der Waals surface area contributed by atoms with E-state index in [2.05, 4.69) is 20.5 Å². The molecule has 2 fully saturated rings. The number of aliphatic imine (C=N–C) groups is 1. The van der Waals surface area contributed by atoms with Crippen LogP contribution < -0.4 is 10.6 Å². The Hall–Kier alpha value is -0.530. The van der Waals surface area contributed by atoms with Gasteiger partial charge in [-0.05, 0) is 45.4 Å². The molecule has 0 bridgehead atoms. The molecule has 6 heteroatoms. The number of hydrogen-bond donors (Lipinski definition) is 2. The minimum Gasteiger partial charge on any atom is -0.350 e. The first-order valence-electron chi connectivity index (χ1n) is 8.60. The number of nitrogens with one attached hydrogen (secondary N) is 2. The zero-order valence-electron chi connectivity index (χ0n) is 15.1. The van der Waals surface area contributed by atoms with Crippen LogP contribution in [0, 0.1) is 5.41 Å². The van der Waals surface area contributed by atoms with Gasteiger partial charge in [0.2, 0.25) is 5.91 Å². The number of carbonyl (C=O) groups excluding carboxylic acids is 1. The van der Waals surface area contributed by atoms with E-state index in [0.29, 0.717) is 5.41 Å². The predicted molar refractivity (Wildman–Crippen MR) is 106 cm³/mol. The zero-order valence-corrected chi connectivity index (χ0v) is 17.4. The molecule has 2 aliphatic rings. The van der Waals surface area contributed by atoms with Crippen LogP contribution in [0.1, 0.15) is 59.3 Å². The van der Waals surface area contributed by atoms with Gasteiger partial charge in [0.1, 0.15) is 0 Å².